The van der Waals surface area contributed by atoms with Crippen LogP contribution >= 0.6 is 23.2 Å². The Morgan fingerprint density at radius 1 is 0.667 bits per heavy atom. The van der Waals surface area contributed by atoms with Crippen LogP contribution in [0.1, 0.15) is 47.5 Å². The number of rotatable bonds is 4. The van der Waals surface area contributed by atoms with Crippen molar-refractivity contribution in [2.24, 2.45) is 9.98 Å². The van der Waals surface area contributed by atoms with Crippen molar-refractivity contribution < 1.29 is 0 Å². The molecule has 3 nitrogen and oxygen atoms in total. The van der Waals surface area contributed by atoms with Crippen molar-refractivity contribution in [3.8, 4) is 0 Å². The number of hydrogen-bond donors (Lipinski definition) is 0. The van der Waals surface area contributed by atoms with E-state index in [2.05, 4.69) is 0 Å². The molecule has 0 aliphatic rings. The molecule has 0 amide bonds. The van der Waals surface area contributed by atoms with Gasteiger partial charge in [-0.05, 0) is 100 Å². The molecule has 0 aliphatic heterocycles. The first-order valence-electron chi connectivity index (χ1n) is 9.77. The zero-order chi connectivity index (χ0) is 22.0. The molecular weight excluding hydrogens is 413 g/mol. The Bertz CT molecular complexity index is 1040. The van der Waals surface area contributed by atoms with Gasteiger partial charge >= 0.3 is 0 Å². The average molecular weight is 438 g/mol. The van der Waals surface area contributed by atoms with Crippen LogP contribution < -0.4 is 0 Å². The highest BCUT2D eigenvalue weighted by Crippen LogP contribution is 2.29. The largest absolute Gasteiger partial charge is 0.251 e. The molecule has 1 aromatic heterocycles. The molecule has 0 saturated heterocycles. The number of aliphatic imine (C=N–C) groups is 2. The van der Waals surface area contributed by atoms with Crippen LogP contribution in [0.5, 0.6) is 0 Å². The Balaban J connectivity index is 1.99. The minimum absolute atomic E-state index is 0.723. The molecule has 0 bridgehead atoms. The maximum Gasteiger partial charge on any atom is 0.0849 e. The quantitative estimate of drug-likeness (QED) is 0.382. The normalized spacial score (nSPS) is 12.4. The van der Waals surface area contributed by atoms with Gasteiger partial charge in [-0.2, -0.15) is 0 Å². The lowest BCUT2D eigenvalue weighted by Crippen LogP contribution is -2.05. The van der Waals surface area contributed by atoms with Gasteiger partial charge in [0.15, 0.2) is 0 Å². The fourth-order valence-electron chi connectivity index (χ4n) is 3.45. The van der Waals surface area contributed by atoms with Gasteiger partial charge in [0.1, 0.15) is 0 Å². The summed E-state index contributed by atoms with van der Waals surface area (Å²) in [7, 11) is 0. The summed E-state index contributed by atoms with van der Waals surface area (Å²) >= 11 is 12.3. The van der Waals surface area contributed by atoms with Gasteiger partial charge < -0.3 is 0 Å². The molecule has 0 radical (unpaired) electrons. The van der Waals surface area contributed by atoms with Crippen LogP contribution in [0.25, 0.3) is 0 Å². The zero-order valence-corrected chi connectivity index (χ0v) is 19.7. The molecule has 0 fully saturated rings. The number of halogens is 2. The number of benzene rings is 2. The first-order chi connectivity index (χ1) is 14.2. The molecule has 0 N–H and O–H groups in total. The Morgan fingerprint density at radius 2 is 1.00 bits per heavy atom. The smallest absolute Gasteiger partial charge is 0.0849 e. The third-order valence-corrected chi connectivity index (χ3v) is 5.40. The zero-order valence-electron chi connectivity index (χ0n) is 18.1. The fourth-order valence-corrected chi connectivity index (χ4v) is 4.10. The van der Waals surface area contributed by atoms with Crippen molar-refractivity contribution in [1.82, 2.24) is 4.98 Å². The predicted octanol–water partition coefficient (Wildman–Crippen LogP) is 7.90. The van der Waals surface area contributed by atoms with E-state index in [-0.39, 0.29) is 0 Å². The SMILES string of the molecule is C/C(=N\c1c(C)cc(Cl)cc1C)c1cccc(/C(C)=N/c2c(C)cc(Cl)cc2C)n1. The molecule has 1 heterocycles. The van der Waals surface area contributed by atoms with Gasteiger partial charge in [-0.25, -0.2) is 4.98 Å². The van der Waals surface area contributed by atoms with Gasteiger partial charge in [0.05, 0.1) is 34.2 Å². The average Bonchev–Trinajstić information content (AvgIpc) is 2.67. The molecular formula is C25H25Cl2N3. The van der Waals surface area contributed by atoms with E-state index in [1.165, 1.54) is 0 Å². The van der Waals surface area contributed by atoms with Crippen molar-refractivity contribution in [2.45, 2.75) is 41.5 Å². The number of aromatic nitrogens is 1. The van der Waals surface area contributed by atoms with Crippen LogP contribution in [0.15, 0.2) is 52.4 Å². The lowest BCUT2D eigenvalue weighted by molar-refractivity contribution is 1.23. The van der Waals surface area contributed by atoms with Gasteiger partial charge in [0.25, 0.3) is 0 Å². The fraction of sp³-hybridized carbons (Fsp3) is 0.240. The van der Waals surface area contributed by atoms with Crippen LogP contribution in [0.4, 0.5) is 11.4 Å². The minimum Gasteiger partial charge on any atom is -0.251 e. The highest BCUT2D eigenvalue weighted by molar-refractivity contribution is 6.31. The summed E-state index contributed by atoms with van der Waals surface area (Å²) in [4.78, 5) is 14.5. The predicted molar refractivity (Wildman–Crippen MR) is 130 cm³/mol. The van der Waals surface area contributed by atoms with Crippen LogP contribution in [0.2, 0.25) is 10.0 Å². The van der Waals surface area contributed by atoms with E-state index in [0.717, 1.165) is 66.5 Å². The maximum absolute atomic E-state index is 6.15. The molecule has 0 aliphatic carbocycles. The van der Waals surface area contributed by atoms with Gasteiger partial charge in [-0.15, -0.1) is 0 Å². The summed E-state index contributed by atoms with van der Waals surface area (Å²) in [6.45, 7) is 12.0. The molecule has 3 aromatic rings. The number of hydrogen-bond acceptors (Lipinski definition) is 3. The number of aryl methyl sites for hydroxylation is 4. The summed E-state index contributed by atoms with van der Waals surface area (Å²) in [6.07, 6.45) is 0. The van der Waals surface area contributed by atoms with Gasteiger partial charge in [0, 0.05) is 10.0 Å². The first kappa shape index (κ1) is 22.2. The summed E-state index contributed by atoms with van der Waals surface area (Å²) in [6, 6.07) is 13.6. The number of nitrogens with zero attached hydrogens (tertiary/aromatic N) is 3. The van der Waals surface area contributed by atoms with E-state index in [1.54, 1.807) is 0 Å². The van der Waals surface area contributed by atoms with E-state index in [1.807, 2.05) is 84.0 Å². The molecule has 0 unspecified atom stereocenters. The van der Waals surface area contributed by atoms with Crippen LogP contribution in [-0.4, -0.2) is 16.4 Å². The standard InChI is InChI=1S/C25H25Cl2N3/c1-14-10-20(26)11-15(2)24(14)28-18(5)22-8-7-9-23(30-22)19(6)29-25-16(3)12-21(27)13-17(25)4/h7-13H,1-6H3/b28-18+,29-19+. The lowest BCUT2D eigenvalue weighted by atomic mass is 10.1. The second-order valence-corrected chi connectivity index (χ2v) is 8.45. The van der Waals surface area contributed by atoms with Gasteiger partial charge in [0.2, 0.25) is 0 Å². The summed E-state index contributed by atoms with van der Waals surface area (Å²) < 4.78 is 0. The minimum atomic E-state index is 0.723. The van der Waals surface area contributed by atoms with Crippen LogP contribution in [0, 0.1) is 27.7 Å². The summed E-state index contributed by atoms with van der Waals surface area (Å²) in [5.74, 6) is 0. The van der Waals surface area contributed by atoms with Crippen LogP contribution in [0.3, 0.4) is 0 Å². The van der Waals surface area contributed by atoms with Crippen molar-refractivity contribution >= 4 is 46.0 Å². The van der Waals surface area contributed by atoms with Crippen molar-refractivity contribution in [3.63, 3.8) is 0 Å². The molecule has 154 valence electrons. The lowest BCUT2D eigenvalue weighted by Gasteiger charge is -2.10. The summed E-state index contributed by atoms with van der Waals surface area (Å²) in [5, 5.41) is 1.45. The van der Waals surface area contributed by atoms with Gasteiger partial charge in [-0.3, -0.25) is 9.98 Å². The van der Waals surface area contributed by atoms with E-state index in [9.17, 15) is 0 Å². The molecule has 0 spiro atoms. The molecule has 5 heteroatoms. The Hall–Kier alpha value is -2.49. The third kappa shape index (κ3) is 4.97. The summed E-state index contributed by atoms with van der Waals surface area (Å²) in [5.41, 5.74) is 9.37. The topological polar surface area (TPSA) is 37.6 Å². The number of pyridine rings is 1. The third-order valence-electron chi connectivity index (χ3n) is 4.96. The Morgan fingerprint density at radius 3 is 1.33 bits per heavy atom. The Kier molecular flexibility index (Phi) is 6.74. The monoisotopic (exact) mass is 437 g/mol. The van der Waals surface area contributed by atoms with E-state index in [0.29, 0.717) is 0 Å². The highest BCUT2D eigenvalue weighted by atomic mass is 35.5. The second kappa shape index (κ2) is 9.11. The molecule has 0 saturated carbocycles. The molecule has 2 aromatic carbocycles. The maximum atomic E-state index is 6.15. The van der Waals surface area contributed by atoms with E-state index < -0.39 is 0 Å². The molecule has 30 heavy (non-hydrogen) atoms. The van der Waals surface area contributed by atoms with Crippen LogP contribution in [-0.2, 0) is 0 Å². The Labute approximate surface area is 188 Å². The van der Waals surface area contributed by atoms with Crippen molar-refractivity contribution in [1.29, 1.82) is 0 Å². The van der Waals surface area contributed by atoms with Crippen molar-refractivity contribution in [2.75, 3.05) is 0 Å². The molecule has 3 rings (SSSR count). The molecule has 0 atom stereocenters. The van der Waals surface area contributed by atoms with Gasteiger partial charge in [-0.1, -0.05) is 29.3 Å². The van der Waals surface area contributed by atoms with Crippen molar-refractivity contribution in [3.05, 3.63) is 86.2 Å². The highest BCUT2D eigenvalue weighted by Gasteiger charge is 2.09. The van der Waals surface area contributed by atoms with E-state index in [4.69, 9.17) is 38.2 Å². The van der Waals surface area contributed by atoms with E-state index >= 15 is 0 Å². The second-order valence-electron chi connectivity index (χ2n) is 7.58. The first-order valence-corrected chi connectivity index (χ1v) is 10.5.